The SMILES string of the molecule is Cn1ccnc1Cn1ccc2ccc(CO)cc21. The van der Waals surface area contributed by atoms with Crippen molar-refractivity contribution in [3.63, 3.8) is 0 Å². The third kappa shape index (κ3) is 1.80. The van der Waals surface area contributed by atoms with Crippen LogP contribution in [0, 0.1) is 0 Å². The van der Waals surface area contributed by atoms with Crippen LogP contribution in [0.2, 0.25) is 0 Å². The highest BCUT2D eigenvalue weighted by molar-refractivity contribution is 5.80. The van der Waals surface area contributed by atoms with Gasteiger partial charge >= 0.3 is 0 Å². The third-order valence-corrected chi connectivity index (χ3v) is 3.25. The van der Waals surface area contributed by atoms with E-state index < -0.39 is 0 Å². The maximum absolute atomic E-state index is 9.20. The maximum Gasteiger partial charge on any atom is 0.128 e. The molecule has 1 aromatic carbocycles. The predicted molar refractivity (Wildman–Crippen MR) is 70.2 cm³/mol. The molecule has 0 unspecified atom stereocenters. The number of imidazole rings is 1. The van der Waals surface area contributed by atoms with Crippen LogP contribution in [0.15, 0.2) is 42.9 Å². The maximum atomic E-state index is 9.20. The van der Waals surface area contributed by atoms with E-state index in [9.17, 15) is 5.11 Å². The normalized spacial score (nSPS) is 11.2. The Bertz CT molecular complexity index is 681. The minimum atomic E-state index is 0.0729. The molecule has 0 spiro atoms. The first-order valence-electron chi connectivity index (χ1n) is 5.93. The van der Waals surface area contributed by atoms with E-state index in [1.807, 2.05) is 36.0 Å². The quantitative estimate of drug-likeness (QED) is 0.761. The molecule has 2 heterocycles. The molecule has 0 atom stereocenters. The average molecular weight is 241 g/mol. The lowest BCUT2D eigenvalue weighted by Gasteiger charge is -2.06. The number of fused-ring (bicyclic) bond motifs is 1. The van der Waals surface area contributed by atoms with Gasteiger partial charge in [0.15, 0.2) is 0 Å². The number of hydrogen-bond donors (Lipinski definition) is 1. The van der Waals surface area contributed by atoms with Crippen molar-refractivity contribution in [3.05, 3.63) is 54.2 Å². The summed E-state index contributed by atoms with van der Waals surface area (Å²) in [6, 6.07) is 8.10. The first kappa shape index (κ1) is 11.0. The molecule has 0 aliphatic carbocycles. The Balaban J connectivity index is 2.04. The Morgan fingerprint density at radius 2 is 2.11 bits per heavy atom. The van der Waals surface area contributed by atoms with E-state index in [4.69, 9.17) is 0 Å². The van der Waals surface area contributed by atoms with E-state index in [0.29, 0.717) is 0 Å². The molecular weight excluding hydrogens is 226 g/mol. The number of aliphatic hydroxyl groups excluding tert-OH is 1. The monoisotopic (exact) mass is 241 g/mol. The van der Waals surface area contributed by atoms with Gasteiger partial charge in [0, 0.05) is 31.2 Å². The molecule has 0 aliphatic rings. The Hall–Kier alpha value is -2.07. The number of aryl methyl sites for hydroxylation is 1. The van der Waals surface area contributed by atoms with Crippen molar-refractivity contribution in [1.29, 1.82) is 0 Å². The minimum absolute atomic E-state index is 0.0729. The van der Waals surface area contributed by atoms with Crippen molar-refractivity contribution in [1.82, 2.24) is 14.1 Å². The van der Waals surface area contributed by atoms with Crippen molar-refractivity contribution in [2.75, 3.05) is 0 Å². The molecule has 0 amide bonds. The molecule has 0 aliphatic heterocycles. The van der Waals surface area contributed by atoms with E-state index in [2.05, 4.69) is 21.8 Å². The Labute approximate surface area is 105 Å². The zero-order chi connectivity index (χ0) is 12.5. The Morgan fingerprint density at radius 3 is 2.83 bits per heavy atom. The first-order valence-corrected chi connectivity index (χ1v) is 5.93. The van der Waals surface area contributed by atoms with Gasteiger partial charge < -0.3 is 14.2 Å². The molecule has 4 heteroatoms. The molecule has 1 N–H and O–H groups in total. The van der Waals surface area contributed by atoms with Crippen LogP contribution in [0.5, 0.6) is 0 Å². The number of nitrogens with zero attached hydrogens (tertiary/aromatic N) is 3. The van der Waals surface area contributed by atoms with Crippen LogP contribution in [0.3, 0.4) is 0 Å². The van der Waals surface area contributed by atoms with Crippen molar-refractivity contribution in [2.45, 2.75) is 13.2 Å². The topological polar surface area (TPSA) is 43.0 Å². The van der Waals surface area contributed by atoms with Gasteiger partial charge in [0.05, 0.1) is 13.2 Å². The van der Waals surface area contributed by atoms with Crippen molar-refractivity contribution < 1.29 is 5.11 Å². The van der Waals surface area contributed by atoms with Gasteiger partial charge in [-0.1, -0.05) is 12.1 Å². The van der Waals surface area contributed by atoms with E-state index in [1.54, 1.807) is 6.20 Å². The van der Waals surface area contributed by atoms with Crippen LogP contribution in [-0.4, -0.2) is 19.2 Å². The summed E-state index contributed by atoms with van der Waals surface area (Å²) in [7, 11) is 1.99. The standard InChI is InChI=1S/C14H15N3O/c1-16-7-5-15-14(16)9-17-6-4-12-3-2-11(10-18)8-13(12)17/h2-8,18H,9-10H2,1H3. The van der Waals surface area contributed by atoms with Gasteiger partial charge in [-0.15, -0.1) is 0 Å². The second-order valence-corrected chi connectivity index (χ2v) is 4.45. The number of rotatable bonds is 3. The number of aromatic nitrogens is 3. The summed E-state index contributed by atoms with van der Waals surface area (Å²) in [5, 5.41) is 10.4. The fraction of sp³-hybridized carbons (Fsp3) is 0.214. The second-order valence-electron chi connectivity index (χ2n) is 4.45. The summed E-state index contributed by atoms with van der Waals surface area (Å²) in [5.41, 5.74) is 2.06. The second kappa shape index (κ2) is 4.31. The van der Waals surface area contributed by atoms with Crippen molar-refractivity contribution in [2.24, 2.45) is 7.05 Å². The molecule has 0 saturated heterocycles. The van der Waals surface area contributed by atoms with Crippen LogP contribution in [0.1, 0.15) is 11.4 Å². The van der Waals surface area contributed by atoms with Gasteiger partial charge in [0.1, 0.15) is 5.82 Å². The van der Waals surface area contributed by atoms with E-state index in [1.165, 1.54) is 5.39 Å². The van der Waals surface area contributed by atoms with Crippen LogP contribution in [-0.2, 0) is 20.2 Å². The number of hydrogen-bond acceptors (Lipinski definition) is 2. The van der Waals surface area contributed by atoms with Crippen LogP contribution in [0.4, 0.5) is 0 Å². The molecular formula is C14H15N3O. The van der Waals surface area contributed by atoms with E-state index in [0.717, 1.165) is 23.4 Å². The third-order valence-electron chi connectivity index (χ3n) is 3.25. The van der Waals surface area contributed by atoms with Gasteiger partial charge in [-0.25, -0.2) is 4.98 Å². The van der Waals surface area contributed by atoms with Gasteiger partial charge in [-0.05, 0) is 23.1 Å². The lowest BCUT2D eigenvalue weighted by atomic mass is 10.2. The largest absolute Gasteiger partial charge is 0.392 e. The highest BCUT2D eigenvalue weighted by atomic mass is 16.3. The van der Waals surface area contributed by atoms with Gasteiger partial charge in [-0.3, -0.25) is 0 Å². The number of benzene rings is 1. The zero-order valence-electron chi connectivity index (χ0n) is 10.2. The molecule has 2 aromatic heterocycles. The fourth-order valence-electron chi connectivity index (χ4n) is 2.17. The fourth-order valence-corrected chi connectivity index (χ4v) is 2.17. The zero-order valence-corrected chi connectivity index (χ0v) is 10.2. The first-order chi connectivity index (χ1) is 8.78. The summed E-state index contributed by atoms with van der Waals surface area (Å²) in [5.74, 6) is 1.02. The molecule has 3 aromatic rings. The summed E-state index contributed by atoms with van der Waals surface area (Å²) < 4.78 is 4.17. The van der Waals surface area contributed by atoms with Crippen LogP contribution >= 0.6 is 0 Å². The highest BCUT2D eigenvalue weighted by Crippen LogP contribution is 2.18. The summed E-state index contributed by atoms with van der Waals surface area (Å²) in [6.07, 6.45) is 5.81. The summed E-state index contributed by atoms with van der Waals surface area (Å²) in [6.45, 7) is 0.811. The molecule has 18 heavy (non-hydrogen) atoms. The van der Waals surface area contributed by atoms with Gasteiger partial charge in [0.2, 0.25) is 0 Å². The Kier molecular flexibility index (Phi) is 2.64. The molecule has 4 nitrogen and oxygen atoms in total. The predicted octanol–water partition coefficient (Wildman–Crippen LogP) is 1.92. The molecule has 92 valence electrons. The van der Waals surface area contributed by atoms with E-state index >= 15 is 0 Å². The van der Waals surface area contributed by atoms with E-state index in [-0.39, 0.29) is 6.61 Å². The minimum Gasteiger partial charge on any atom is -0.392 e. The molecule has 3 rings (SSSR count). The molecule has 0 radical (unpaired) electrons. The van der Waals surface area contributed by atoms with Crippen LogP contribution < -0.4 is 0 Å². The smallest absolute Gasteiger partial charge is 0.128 e. The molecule has 0 bridgehead atoms. The van der Waals surface area contributed by atoms with Crippen molar-refractivity contribution >= 4 is 10.9 Å². The van der Waals surface area contributed by atoms with Crippen molar-refractivity contribution in [3.8, 4) is 0 Å². The van der Waals surface area contributed by atoms with Gasteiger partial charge in [0.25, 0.3) is 0 Å². The lowest BCUT2D eigenvalue weighted by molar-refractivity contribution is 0.282. The highest BCUT2D eigenvalue weighted by Gasteiger charge is 2.05. The van der Waals surface area contributed by atoms with Gasteiger partial charge in [-0.2, -0.15) is 0 Å². The summed E-state index contributed by atoms with van der Waals surface area (Å²) in [4.78, 5) is 4.33. The summed E-state index contributed by atoms with van der Waals surface area (Å²) >= 11 is 0. The molecule has 0 fully saturated rings. The number of aliphatic hydroxyl groups is 1. The Morgan fingerprint density at radius 1 is 1.22 bits per heavy atom. The lowest BCUT2D eigenvalue weighted by Crippen LogP contribution is -2.04. The van der Waals surface area contributed by atoms with Crippen LogP contribution in [0.25, 0.3) is 10.9 Å². The average Bonchev–Trinajstić information content (AvgIpc) is 2.97. The molecule has 0 saturated carbocycles.